The number of hydrogen-bond donors (Lipinski definition) is 2. The monoisotopic (exact) mass is 517 g/mol. The van der Waals surface area contributed by atoms with E-state index in [1.807, 2.05) is 104 Å². The van der Waals surface area contributed by atoms with E-state index >= 15 is 0 Å². The molecule has 0 saturated heterocycles. The Kier molecular flexibility index (Phi) is 6.15. The van der Waals surface area contributed by atoms with Crippen molar-refractivity contribution in [2.24, 2.45) is 4.99 Å². The average Bonchev–Trinajstić information content (AvgIpc) is 3.53. The molecule has 0 unspecified atom stereocenters. The highest BCUT2D eigenvalue weighted by Gasteiger charge is 2.32. The fourth-order valence-electron chi connectivity index (χ4n) is 4.66. The summed E-state index contributed by atoms with van der Waals surface area (Å²) < 4.78 is 2.14. The second kappa shape index (κ2) is 9.91. The van der Waals surface area contributed by atoms with Crippen molar-refractivity contribution in [3.8, 4) is 11.3 Å². The number of amides is 1. The van der Waals surface area contributed by atoms with Crippen molar-refractivity contribution in [1.82, 2.24) is 14.8 Å². The number of benzene rings is 3. The Morgan fingerprint density at radius 1 is 0.974 bits per heavy atom. The molecule has 7 nitrogen and oxygen atoms in total. The Labute approximate surface area is 222 Å². The Balaban J connectivity index is 1.49. The second-order valence-corrected chi connectivity index (χ2v) is 9.89. The topological polar surface area (TPSA) is 92.1 Å². The zero-order valence-corrected chi connectivity index (χ0v) is 21.3. The maximum atomic E-state index is 13.9. The predicted molar refractivity (Wildman–Crippen MR) is 149 cm³/mol. The largest absolute Gasteiger partial charge is 0.322 e. The zero-order chi connectivity index (χ0) is 26.1. The van der Waals surface area contributed by atoms with Crippen LogP contribution in [0.5, 0.6) is 0 Å². The number of fused-ring (bicyclic) bond motifs is 1. The van der Waals surface area contributed by atoms with Gasteiger partial charge in [0.1, 0.15) is 0 Å². The lowest BCUT2D eigenvalue weighted by Crippen LogP contribution is -2.40. The van der Waals surface area contributed by atoms with E-state index in [2.05, 4.69) is 15.5 Å². The fraction of sp³-hybridized carbons (Fsp3) is 0.0667. The van der Waals surface area contributed by atoms with Gasteiger partial charge in [0, 0.05) is 16.8 Å². The van der Waals surface area contributed by atoms with Crippen molar-refractivity contribution in [2.45, 2.75) is 13.0 Å². The van der Waals surface area contributed by atoms with Crippen LogP contribution in [-0.2, 0) is 4.79 Å². The quantitative estimate of drug-likeness (QED) is 0.365. The van der Waals surface area contributed by atoms with Crippen LogP contribution in [0.3, 0.4) is 0 Å². The number of aromatic amines is 1. The average molecular weight is 518 g/mol. The van der Waals surface area contributed by atoms with Crippen LogP contribution in [0, 0.1) is 0 Å². The van der Waals surface area contributed by atoms with Crippen LogP contribution in [0.15, 0.2) is 118 Å². The van der Waals surface area contributed by atoms with Crippen LogP contribution in [0.25, 0.3) is 17.3 Å². The van der Waals surface area contributed by atoms with Crippen LogP contribution in [0.2, 0.25) is 0 Å². The fourth-order valence-corrected chi connectivity index (χ4v) is 5.70. The molecule has 1 aliphatic rings. The summed E-state index contributed by atoms with van der Waals surface area (Å²) in [7, 11) is 0. The van der Waals surface area contributed by atoms with E-state index in [-0.39, 0.29) is 11.5 Å². The van der Waals surface area contributed by atoms with Crippen molar-refractivity contribution in [3.63, 3.8) is 0 Å². The van der Waals surface area contributed by atoms with Crippen molar-refractivity contribution in [2.75, 3.05) is 5.32 Å². The van der Waals surface area contributed by atoms with Gasteiger partial charge in [-0.3, -0.25) is 19.3 Å². The van der Waals surface area contributed by atoms with E-state index in [4.69, 9.17) is 4.99 Å². The molecule has 0 bridgehead atoms. The van der Waals surface area contributed by atoms with E-state index in [0.717, 1.165) is 22.4 Å². The smallest absolute Gasteiger partial charge is 0.271 e. The lowest BCUT2D eigenvalue weighted by molar-refractivity contribution is -0.113. The van der Waals surface area contributed by atoms with Crippen molar-refractivity contribution in [3.05, 3.63) is 139 Å². The van der Waals surface area contributed by atoms with Gasteiger partial charge in [-0.25, -0.2) is 4.99 Å². The van der Waals surface area contributed by atoms with Gasteiger partial charge in [-0.2, -0.15) is 5.10 Å². The maximum Gasteiger partial charge on any atom is 0.271 e. The number of H-pyrrole nitrogens is 1. The molecule has 2 aromatic heterocycles. The first-order chi connectivity index (χ1) is 18.6. The van der Waals surface area contributed by atoms with Gasteiger partial charge in [-0.1, -0.05) is 90.2 Å². The number of anilines is 1. The molecular formula is C30H23N5O2S. The molecule has 5 aromatic rings. The van der Waals surface area contributed by atoms with Gasteiger partial charge in [-0.15, -0.1) is 0 Å². The Bertz CT molecular complexity index is 1840. The minimum Gasteiger partial charge on any atom is -0.322 e. The van der Waals surface area contributed by atoms with E-state index in [9.17, 15) is 9.59 Å². The number of carbonyl (C=O) groups is 1. The zero-order valence-electron chi connectivity index (χ0n) is 20.5. The summed E-state index contributed by atoms with van der Waals surface area (Å²) in [4.78, 5) is 32.8. The standard InChI is InChI=1S/C30H23N5O2S/c1-19-25(28(36)33-23-15-9-4-10-16-23)27(21-13-7-3-8-14-21)35-29(37)24(38-30(35)32-19)17-22-18-31-34-26(22)20-11-5-2-6-12-20/h2-18,27H,1H3,(H,31,34)(H,33,36)/t27-/m1/s1. The van der Waals surface area contributed by atoms with E-state index in [0.29, 0.717) is 26.3 Å². The number of para-hydroxylation sites is 1. The third kappa shape index (κ3) is 4.31. The molecular weight excluding hydrogens is 494 g/mol. The van der Waals surface area contributed by atoms with Crippen LogP contribution in [0.1, 0.15) is 24.1 Å². The Morgan fingerprint density at radius 3 is 2.34 bits per heavy atom. The molecule has 1 amide bonds. The molecule has 0 aliphatic carbocycles. The Hall–Kier alpha value is -4.82. The molecule has 0 spiro atoms. The van der Waals surface area contributed by atoms with Crippen molar-refractivity contribution >= 4 is 29.0 Å². The highest BCUT2D eigenvalue weighted by molar-refractivity contribution is 7.07. The number of nitrogens with one attached hydrogen (secondary N) is 2. The summed E-state index contributed by atoms with van der Waals surface area (Å²) in [5.41, 5.74) is 4.92. The van der Waals surface area contributed by atoms with Gasteiger partial charge in [0.2, 0.25) is 0 Å². The molecule has 186 valence electrons. The van der Waals surface area contributed by atoms with E-state index < -0.39 is 6.04 Å². The predicted octanol–water partition coefficient (Wildman–Crippen LogP) is 4.26. The number of nitrogens with zero attached hydrogens (tertiary/aromatic N) is 3. The van der Waals surface area contributed by atoms with Crippen LogP contribution in [-0.4, -0.2) is 20.7 Å². The number of allylic oxidation sites excluding steroid dienone is 1. The molecule has 1 atom stereocenters. The molecule has 0 fully saturated rings. The number of rotatable bonds is 5. The van der Waals surface area contributed by atoms with Gasteiger partial charge < -0.3 is 5.32 Å². The lowest BCUT2D eigenvalue weighted by Gasteiger charge is -2.25. The summed E-state index contributed by atoms with van der Waals surface area (Å²) in [6, 6.07) is 28.1. The minimum atomic E-state index is -0.615. The molecule has 3 aromatic carbocycles. The molecule has 0 radical (unpaired) electrons. The van der Waals surface area contributed by atoms with Gasteiger partial charge >= 0.3 is 0 Å². The first-order valence-corrected chi connectivity index (χ1v) is 12.9. The lowest BCUT2D eigenvalue weighted by atomic mass is 9.95. The summed E-state index contributed by atoms with van der Waals surface area (Å²) in [5.74, 6) is -0.290. The first kappa shape index (κ1) is 23.6. The third-order valence-electron chi connectivity index (χ3n) is 6.43. The molecule has 0 saturated carbocycles. The molecule has 2 N–H and O–H groups in total. The summed E-state index contributed by atoms with van der Waals surface area (Å²) >= 11 is 1.30. The summed E-state index contributed by atoms with van der Waals surface area (Å²) in [6.45, 7) is 1.82. The number of thiazole rings is 1. The van der Waals surface area contributed by atoms with Gasteiger partial charge in [0.05, 0.1) is 33.7 Å². The van der Waals surface area contributed by atoms with Crippen LogP contribution < -0.4 is 20.2 Å². The molecule has 8 heteroatoms. The normalized spacial score (nSPS) is 15.2. The maximum absolute atomic E-state index is 13.9. The first-order valence-electron chi connectivity index (χ1n) is 12.1. The van der Waals surface area contributed by atoms with E-state index in [1.165, 1.54) is 11.3 Å². The summed E-state index contributed by atoms with van der Waals surface area (Å²) in [5, 5.41) is 10.2. The minimum absolute atomic E-state index is 0.208. The van der Waals surface area contributed by atoms with Gasteiger partial charge in [-0.05, 0) is 30.7 Å². The molecule has 38 heavy (non-hydrogen) atoms. The highest BCUT2D eigenvalue weighted by atomic mass is 32.1. The van der Waals surface area contributed by atoms with Gasteiger partial charge in [0.15, 0.2) is 4.80 Å². The highest BCUT2D eigenvalue weighted by Crippen LogP contribution is 2.30. The van der Waals surface area contributed by atoms with Crippen LogP contribution >= 0.6 is 11.3 Å². The van der Waals surface area contributed by atoms with Gasteiger partial charge in [0.25, 0.3) is 11.5 Å². The SMILES string of the molecule is CC1=C(C(=O)Nc2ccccc2)[C@@H](c2ccccc2)n2c(sc(=Cc3cn[nH]c3-c3ccccc3)c2=O)=N1. The second-order valence-electron chi connectivity index (χ2n) is 8.88. The number of carbonyl (C=O) groups excluding carboxylic acids is 1. The third-order valence-corrected chi connectivity index (χ3v) is 7.41. The van der Waals surface area contributed by atoms with E-state index in [1.54, 1.807) is 10.8 Å². The number of hydrogen-bond acceptors (Lipinski definition) is 5. The molecule has 6 rings (SSSR count). The van der Waals surface area contributed by atoms with Crippen LogP contribution in [0.4, 0.5) is 5.69 Å². The number of aromatic nitrogens is 3. The molecule has 1 aliphatic heterocycles. The van der Waals surface area contributed by atoms with Crippen molar-refractivity contribution in [1.29, 1.82) is 0 Å². The summed E-state index contributed by atoms with van der Waals surface area (Å²) in [6.07, 6.45) is 3.54. The Morgan fingerprint density at radius 2 is 1.63 bits per heavy atom. The molecule has 3 heterocycles. The van der Waals surface area contributed by atoms with Crippen molar-refractivity contribution < 1.29 is 4.79 Å².